The van der Waals surface area contributed by atoms with Crippen LogP contribution in [0.4, 0.5) is 4.79 Å². The van der Waals surface area contributed by atoms with E-state index in [0.717, 1.165) is 0 Å². The Kier molecular flexibility index (Phi) is 2.33. The first-order valence-electron chi connectivity index (χ1n) is 1.82. The van der Waals surface area contributed by atoms with Gasteiger partial charge in [0.05, 0.1) is 0 Å². The third-order valence-electron chi connectivity index (χ3n) is 0.398. The maximum Gasteiger partial charge on any atom is 0.319 e. The lowest BCUT2D eigenvalue weighted by Crippen LogP contribution is -2.33. The van der Waals surface area contributed by atoms with Crippen molar-refractivity contribution in [3.8, 4) is 0 Å². The number of hydrogen-bond acceptors (Lipinski definition) is 2. The minimum absolute atomic E-state index is 0.697. The number of imide groups is 1. The van der Waals surface area contributed by atoms with E-state index < -0.39 is 11.9 Å². The van der Waals surface area contributed by atoms with Crippen molar-refractivity contribution in [2.24, 2.45) is 5.73 Å². The number of primary amides is 1. The summed E-state index contributed by atoms with van der Waals surface area (Å²) in [6, 6.07) is -0.906. The van der Waals surface area contributed by atoms with Crippen molar-refractivity contribution in [3.05, 3.63) is 12.7 Å². The minimum atomic E-state index is -0.906. The highest BCUT2D eigenvalue weighted by molar-refractivity contribution is 5.99. The van der Waals surface area contributed by atoms with E-state index in [9.17, 15) is 9.59 Å². The number of urea groups is 1. The quantitative estimate of drug-likeness (QED) is 0.435. The van der Waals surface area contributed by atoms with Crippen LogP contribution in [-0.2, 0) is 4.79 Å². The molecule has 0 aromatic rings. The van der Waals surface area contributed by atoms with Gasteiger partial charge in [0.2, 0.25) is 0 Å². The molecule has 0 saturated carbocycles. The molecule has 0 aliphatic rings. The first kappa shape index (κ1) is 6.68. The lowest BCUT2D eigenvalue weighted by molar-refractivity contribution is -0.115. The van der Waals surface area contributed by atoms with Gasteiger partial charge in [-0.1, -0.05) is 6.58 Å². The van der Waals surface area contributed by atoms with E-state index in [1.165, 1.54) is 0 Å². The van der Waals surface area contributed by atoms with Gasteiger partial charge in [0.1, 0.15) is 0 Å². The van der Waals surface area contributed by atoms with Crippen molar-refractivity contribution in [2.45, 2.75) is 0 Å². The van der Waals surface area contributed by atoms with Crippen LogP contribution in [0.15, 0.2) is 6.08 Å². The summed E-state index contributed by atoms with van der Waals surface area (Å²) in [5, 5.41) is 1.71. The fraction of sp³-hybridized carbons (Fsp3) is 0. The number of rotatable bonds is 1. The summed E-state index contributed by atoms with van der Waals surface area (Å²) in [6.45, 7) is 4.68. The fourth-order valence-corrected chi connectivity index (χ4v) is 0.163. The maximum absolute atomic E-state index is 10.0. The molecule has 3 N–H and O–H groups in total. The third kappa shape index (κ3) is 2.89. The van der Waals surface area contributed by atoms with Crippen molar-refractivity contribution >= 4 is 11.9 Å². The second kappa shape index (κ2) is 2.79. The van der Waals surface area contributed by atoms with E-state index in [1.807, 2.05) is 0 Å². The van der Waals surface area contributed by atoms with Crippen molar-refractivity contribution in [2.75, 3.05) is 0 Å². The highest BCUT2D eigenvalue weighted by atomic mass is 16.2. The average molecular weight is 113 g/mol. The lowest BCUT2D eigenvalue weighted by Gasteiger charge is -1.89. The molecule has 0 saturated heterocycles. The van der Waals surface area contributed by atoms with Gasteiger partial charge in [-0.25, -0.2) is 4.79 Å². The van der Waals surface area contributed by atoms with Crippen LogP contribution < -0.4 is 11.1 Å². The molecule has 43 valence electrons. The van der Waals surface area contributed by atoms with E-state index in [0.29, 0.717) is 6.08 Å². The van der Waals surface area contributed by atoms with E-state index in [1.54, 1.807) is 5.32 Å². The van der Waals surface area contributed by atoms with Gasteiger partial charge in [0.25, 0.3) is 5.91 Å². The van der Waals surface area contributed by atoms with Gasteiger partial charge in [0.15, 0.2) is 0 Å². The summed E-state index contributed by atoms with van der Waals surface area (Å²) >= 11 is 0. The zero-order valence-corrected chi connectivity index (χ0v) is 4.05. The molecule has 0 aliphatic carbocycles. The second-order valence-corrected chi connectivity index (χ2v) is 1.02. The van der Waals surface area contributed by atoms with Gasteiger partial charge in [-0.2, -0.15) is 0 Å². The lowest BCUT2D eigenvalue weighted by atomic mass is 10.6. The monoisotopic (exact) mass is 113 g/mol. The Morgan fingerprint density at radius 3 is 2.25 bits per heavy atom. The molecule has 0 aliphatic heterocycles. The largest absolute Gasteiger partial charge is 0.351 e. The zero-order valence-electron chi connectivity index (χ0n) is 4.05. The smallest absolute Gasteiger partial charge is 0.319 e. The molecule has 0 heterocycles. The van der Waals surface area contributed by atoms with Crippen LogP contribution in [0.2, 0.25) is 0 Å². The molecule has 0 unspecified atom stereocenters. The minimum Gasteiger partial charge on any atom is -0.351 e. The van der Waals surface area contributed by atoms with Gasteiger partial charge in [-0.15, -0.1) is 0 Å². The maximum atomic E-state index is 10.0. The van der Waals surface area contributed by atoms with Crippen LogP contribution in [-0.4, -0.2) is 11.9 Å². The Morgan fingerprint density at radius 2 is 2.12 bits per heavy atom. The SMILES string of the molecule is [CH]=CC(=O)NC(N)=O. The summed E-state index contributed by atoms with van der Waals surface area (Å²) in [4.78, 5) is 19.8. The van der Waals surface area contributed by atoms with Crippen LogP contribution in [0.3, 0.4) is 0 Å². The van der Waals surface area contributed by atoms with Gasteiger partial charge in [-0.3, -0.25) is 10.1 Å². The third-order valence-corrected chi connectivity index (χ3v) is 0.398. The topological polar surface area (TPSA) is 72.2 Å². The highest BCUT2D eigenvalue weighted by Gasteiger charge is 1.94. The summed E-state index contributed by atoms with van der Waals surface area (Å²) in [7, 11) is 0. The van der Waals surface area contributed by atoms with Crippen molar-refractivity contribution in [1.82, 2.24) is 5.32 Å². The fourth-order valence-electron chi connectivity index (χ4n) is 0.163. The molecule has 0 bridgehead atoms. The predicted molar refractivity (Wildman–Crippen MR) is 26.6 cm³/mol. The van der Waals surface area contributed by atoms with Crippen LogP contribution in [0.25, 0.3) is 0 Å². The van der Waals surface area contributed by atoms with Crippen molar-refractivity contribution in [1.29, 1.82) is 0 Å². The predicted octanol–water partition coefficient (Wildman–Crippen LogP) is -0.830. The number of hydrogen-bond donors (Lipinski definition) is 2. The Labute approximate surface area is 46.4 Å². The van der Waals surface area contributed by atoms with Crippen LogP contribution >= 0.6 is 0 Å². The molecule has 4 nitrogen and oxygen atoms in total. The number of nitrogens with one attached hydrogen (secondary N) is 1. The summed E-state index contributed by atoms with van der Waals surface area (Å²) in [5.41, 5.74) is 4.52. The van der Waals surface area contributed by atoms with E-state index >= 15 is 0 Å². The molecule has 0 rings (SSSR count). The van der Waals surface area contributed by atoms with E-state index in [4.69, 9.17) is 0 Å². The van der Waals surface area contributed by atoms with E-state index in [-0.39, 0.29) is 0 Å². The normalized spacial score (nSPS) is 7.50. The van der Waals surface area contributed by atoms with Crippen molar-refractivity contribution in [3.63, 3.8) is 0 Å². The van der Waals surface area contributed by atoms with Crippen LogP contribution in [0.5, 0.6) is 0 Å². The number of carbonyl (C=O) groups excluding carboxylic acids is 2. The summed E-state index contributed by atoms with van der Waals surface area (Å²) in [5.74, 6) is -0.697. The molecule has 0 atom stereocenters. The molecule has 4 heteroatoms. The van der Waals surface area contributed by atoms with Crippen LogP contribution in [0, 0.1) is 6.58 Å². The zero-order chi connectivity index (χ0) is 6.57. The first-order chi connectivity index (χ1) is 3.66. The van der Waals surface area contributed by atoms with Gasteiger partial charge < -0.3 is 5.73 Å². The Bertz CT molecular complexity index is 130. The molecule has 1 radical (unpaired) electrons. The summed E-state index contributed by atoms with van der Waals surface area (Å²) in [6.07, 6.45) is 0.713. The second-order valence-electron chi connectivity index (χ2n) is 1.02. The number of carbonyl (C=O) groups is 2. The molecule has 0 aromatic heterocycles. The van der Waals surface area contributed by atoms with Gasteiger partial charge in [0, 0.05) is 6.08 Å². The molecule has 3 amide bonds. The standard InChI is InChI=1S/C4H5N2O2/c1-2-3(7)6-4(5)8/h1-2H,(H3,5,6,7,8). The highest BCUT2D eigenvalue weighted by Crippen LogP contribution is 1.62. The van der Waals surface area contributed by atoms with Crippen molar-refractivity contribution < 1.29 is 9.59 Å². The van der Waals surface area contributed by atoms with E-state index in [2.05, 4.69) is 12.3 Å². The molecule has 0 fully saturated rings. The molecular formula is C4H5N2O2. The number of amides is 3. The summed E-state index contributed by atoms with van der Waals surface area (Å²) < 4.78 is 0. The Balaban J connectivity index is 3.55. The molecule has 8 heavy (non-hydrogen) atoms. The Hall–Kier alpha value is -1.32. The van der Waals surface area contributed by atoms with Gasteiger partial charge >= 0.3 is 6.03 Å². The average Bonchev–Trinajstić information content (AvgIpc) is 1.65. The molecule has 0 spiro atoms. The van der Waals surface area contributed by atoms with Crippen LogP contribution in [0.1, 0.15) is 0 Å². The molecule has 0 aromatic carbocycles. The van der Waals surface area contributed by atoms with Gasteiger partial charge in [-0.05, 0) is 0 Å². The molecular weight excluding hydrogens is 108 g/mol. The number of nitrogens with two attached hydrogens (primary N) is 1. The first-order valence-corrected chi connectivity index (χ1v) is 1.82. The Morgan fingerprint density at radius 1 is 1.62 bits per heavy atom.